The van der Waals surface area contributed by atoms with Crippen LogP contribution in [0.3, 0.4) is 0 Å². The Labute approximate surface area is 97.7 Å². The van der Waals surface area contributed by atoms with Gasteiger partial charge in [-0.3, -0.25) is 0 Å². The van der Waals surface area contributed by atoms with E-state index in [2.05, 4.69) is 36.2 Å². The van der Waals surface area contributed by atoms with Crippen molar-refractivity contribution in [3.05, 3.63) is 29.8 Å². The van der Waals surface area contributed by atoms with Crippen LogP contribution in [0.4, 0.5) is 5.69 Å². The Morgan fingerprint density at radius 2 is 2.31 bits per heavy atom. The molecule has 1 saturated heterocycles. The Kier molecular flexibility index (Phi) is 3.17. The second-order valence-electron chi connectivity index (χ2n) is 4.59. The Hall–Kier alpha value is -1.46. The lowest BCUT2D eigenvalue weighted by atomic mass is 10.1. The topological polar surface area (TPSA) is 15.3 Å². The maximum atomic E-state index is 5.38. The minimum Gasteiger partial charge on any atom is -0.381 e. The van der Waals surface area contributed by atoms with E-state index in [0.29, 0.717) is 12.1 Å². The van der Waals surface area contributed by atoms with Gasteiger partial charge in [-0.2, -0.15) is 0 Å². The van der Waals surface area contributed by atoms with Crippen LogP contribution in [0.1, 0.15) is 18.9 Å². The summed E-state index contributed by atoms with van der Waals surface area (Å²) in [6.07, 6.45) is 6.58. The molecule has 84 valence electrons. The van der Waals surface area contributed by atoms with Crippen molar-refractivity contribution in [2.24, 2.45) is 0 Å². The Morgan fingerprint density at radius 3 is 2.94 bits per heavy atom. The standard InChI is InChI=1S/C14H18N2/c1-4-12-6-5-7-13(9-12)15-14-8-11(2)16(3)10-14/h1,5-7,9,11,14-15H,8,10H2,2-3H3. The van der Waals surface area contributed by atoms with Crippen molar-refractivity contribution in [1.29, 1.82) is 0 Å². The van der Waals surface area contributed by atoms with Gasteiger partial charge >= 0.3 is 0 Å². The van der Waals surface area contributed by atoms with Crippen molar-refractivity contribution in [2.75, 3.05) is 18.9 Å². The predicted octanol–water partition coefficient (Wildman–Crippen LogP) is 2.17. The van der Waals surface area contributed by atoms with Crippen LogP contribution in [0, 0.1) is 12.3 Å². The van der Waals surface area contributed by atoms with Gasteiger partial charge in [0, 0.05) is 29.9 Å². The molecule has 2 heteroatoms. The van der Waals surface area contributed by atoms with E-state index >= 15 is 0 Å². The zero-order valence-corrected chi connectivity index (χ0v) is 9.90. The van der Waals surface area contributed by atoms with E-state index < -0.39 is 0 Å². The van der Waals surface area contributed by atoms with Crippen molar-refractivity contribution in [3.8, 4) is 12.3 Å². The maximum absolute atomic E-state index is 5.38. The minimum absolute atomic E-state index is 0.535. The molecule has 1 fully saturated rings. The summed E-state index contributed by atoms with van der Waals surface area (Å²) in [5, 5.41) is 3.54. The van der Waals surface area contributed by atoms with Crippen LogP contribution in [-0.4, -0.2) is 30.6 Å². The quantitative estimate of drug-likeness (QED) is 0.759. The molecule has 1 aliphatic heterocycles. The largest absolute Gasteiger partial charge is 0.381 e. The molecule has 2 rings (SSSR count). The van der Waals surface area contributed by atoms with Crippen LogP contribution in [0.5, 0.6) is 0 Å². The number of benzene rings is 1. The van der Waals surface area contributed by atoms with Crippen molar-refractivity contribution in [2.45, 2.75) is 25.4 Å². The average Bonchev–Trinajstić information content (AvgIpc) is 2.58. The molecular weight excluding hydrogens is 196 g/mol. The first kappa shape index (κ1) is 11.0. The van der Waals surface area contributed by atoms with Crippen LogP contribution < -0.4 is 5.32 Å². The lowest BCUT2D eigenvalue weighted by Gasteiger charge is -2.14. The van der Waals surface area contributed by atoms with Gasteiger partial charge in [0.2, 0.25) is 0 Å². The molecule has 0 bridgehead atoms. The summed E-state index contributed by atoms with van der Waals surface area (Å²) in [6, 6.07) is 9.25. The highest BCUT2D eigenvalue weighted by Gasteiger charge is 2.25. The fourth-order valence-electron chi connectivity index (χ4n) is 2.23. The first-order valence-electron chi connectivity index (χ1n) is 5.72. The van der Waals surface area contributed by atoms with E-state index in [0.717, 1.165) is 17.8 Å². The van der Waals surface area contributed by atoms with Gasteiger partial charge in [-0.15, -0.1) is 6.42 Å². The summed E-state index contributed by atoms with van der Waals surface area (Å²) in [7, 11) is 2.17. The molecule has 2 atom stereocenters. The molecule has 1 aliphatic rings. The molecule has 1 N–H and O–H groups in total. The molecule has 1 heterocycles. The molecule has 2 nitrogen and oxygen atoms in total. The SMILES string of the molecule is C#Cc1cccc(NC2CC(C)N(C)C2)c1. The van der Waals surface area contributed by atoms with Crippen LogP contribution in [0.2, 0.25) is 0 Å². The fourth-order valence-corrected chi connectivity index (χ4v) is 2.23. The van der Waals surface area contributed by atoms with E-state index in [-0.39, 0.29) is 0 Å². The van der Waals surface area contributed by atoms with Crippen molar-refractivity contribution >= 4 is 5.69 Å². The summed E-state index contributed by atoms with van der Waals surface area (Å²) >= 11 is 0. The zero-order chi connectivity index (χ0) is 11.5. The number of likely N-dealkylation sites (N-methyl/N-ethyl adjacent to an activating group) is 1. The first-order chi connectivity index (χ1) is 7.69. The van der Waals surface area contributed by atoms with E-state index in [1.165, 1.54) is 6.42 Å². The minimum atomic E-state index is 0.535. The summed E-state index contributed by atoms with van der Waals surface area (Å²) in [4.78, 5) is 2.38. The number of nitrogens with zero attached hydrogens (tertiary/aromatic N) is 1. The number of terminal acetylenes is 1. The van der Waals surface area contributed by atoms with E-state index in [4.69, 9.17) is 6.42 Å². The van der Waals surface area contributed by atoms with Crippen LogP contribution in [-0.2, 0) is 0 Å². The molecule has 2 unspecified atom stereocenters. The number of hydrogen-bond acceptors (Lipinski definition) is 2. The van der Waals surface area contributed by atoms with Crippen LogP contribution in [0.15, 0.2) is 24.3 Å². The molecule has 0 amide bonds. The number of rotatable bonds is 2. The summed E-state index contributed by atoms with van der Waals surface area (Å²) in [6.45, 7) is 3.36. The van der Waals surface area contributed by atoms with E-state index in [1.807, 2.05) is 18.2 Å². The second kappa shape index (κ2) is 4.59. The smallest absolute Gasteiger partial charge is 0.0403 e. The van der Waals surface area contributed by atoms with Gasteiger partial charge in [0.1, 0.15) is 0 Å². The molecule has 0 saturated carbocycles. The Bertz CT molecular complexity index is 395. The van der Waals surface area contributed by atoms with Gasteiger partial charge in [-0.05, 0) is 38.6 Å². The molecule has 1 aromatic rings. The third-order valence-electron chi connectivity index (χ3n) is 3.29. The lowest BCUT2D eigenvalue weighted by molar-refractivity contribution is 0.330. The Morgan fingerprint density at radius 1 is 1.50 bits per heavy atom. The summed E-state index contributed by atoms with van der Waals surface area (Å²) < 4.78 is 0. The summed E-state index contributed by atoms with van der Waals surface area (Å²) in [5.74, 6) is 2.66. The van der Waals surface area contributed by atoms with Crippen LogP contribution >= 0.6 is 0 Å². The molecule has 0 radical (unpaired) electrons. The van der Waals surface area contributed by atoms with Crippen molar-refractivity contribution in [3.63, 3.8) is 0 Å². The third kappa shape index (κ3) is 2.37. The molecule has 16 heavy (non-hydrogen) atoms. The second-order valence-corrected chi connectivity index (χ2v) is 4.59. The van der Waals surface area contributed by atoms with Gasteiger partial charge < -0.3 is 10.2 Å². The molecule has 1 aromatic carbocycles. The maximum Gasteiger partial charge on any atom is 0.0403 e. The van der Waals surface area contributed by atoms with Gasteiger partial charge in [-0.25, -0.2) is 0 Å². The van der Waals surface area contributed by atoms with E-state index in [9.17, 15) is 0 Å². The number of anilines is 1. The van der Waals surface area contributed by atoms with Crippen molar-refractivity contribution in [1.82, 2.24) is 4.90 Å². The highest BCUT2D eigenvalue weighted by atomic mass is 15.2. The molecule has 0 aromatic heterocycles. The third-order valence-corrected chi connectivity index (χ3v) is 3.29. The van der Waals surface area contributed by atoms with Crippen LogP contribution in [0.25, 0.3) is 0 Å². The van der Waals surface area contributed by atoms with Gasteiger partial charge in [0.15, 0.2) is 0 Å². The summed E-state index contributed by atoms with van der Waals surface area (Å²) in [5.41, 5.74) is 2.06. The highest BCUT2D eigenvalue weighted by molar-refractivity contribution is 5.50. The molecule has 0 aliphatic carbocycles. The average molecular weight is 214 g/mol. The zero-order valence-electron chi connectivity index (χ0n) is 9.90. The lowest BCUT2D eigenvalue weighted by Crippen LogP contribution is -2.24. The number of likely N-dealkylation sites (tertiary alicyclic amines) is 1. The van der Waals surface area contributed by atoms with E-state index in [1.54, 1.807) is 0 Å². The first-order valence-corrected chi connectivity index (χ1v) is 5.72. The monoisotopic (exact) mass is 214 g/mol. The van der Waals surface area contributed by atoms with Crippen molar-refractivity contribution < 1.29 is 0 Å². The highest BCUT2D eigenvalue weighted by Crippen LogP contribution is 2.20. The normalized spacial score (nSPS) is 25.3. The predicted molar refractivity (Wildman–Crippen MR) is 68.5 cm³/mol. The molecule has 0 spiro atoms. The number of nitrogens with one attached hydrogen (secondary N) is 1. The van der Waals surface area contributed by atoms with Gasteiger partial charge in [-0.1, -0.05) is 12.0 Å². The number of hydrogen-bond donors (Lipinski definition) is 1. The van der Waals surface area contributed by atoms with Gasteiger partial charge in [0.25, 0.3) is 0 Å². The molecular formula is C14H18N2. The van der Waals surface area contributed by atoms with Gasteiger partial charge in [0.05, 0.1) is 0 Å². The Balaban J connectivity index is 2.02. The fraction of sp³-hybridized carbons (Fsp3) is 0.429.